The summed E-state index contributed by atoms with van der Waals surface area (Å²) in [6.07, 6.45) is 1.89. The Morgan fingerprint density at radius 1 is 1.47 bits per heavy atom. The molecule has 0 aliphatic carbocycles. The van der Waals surface area contributed by atoms with Crippen molar-refractivity contribution in [1.29, 1.82) is 0 Å². The van der Waals surface area contributed by atoms with Gasteiger partial charge in [-0.05, 0) is 36.6 Å². The van der Waals surface area contributed by atoms with Gasteiger partial charge in [0.25, 0.3) is 0 Å². The summed E-state index contributed by atoms with van der Waals surface area (Å²) >= 11 is 0. The molecule has 1 atom stereocenters. The lowest BCUT2D eigenvalue weighted by Gasteiger charge is -2.21. The molecular weight excluding hydrogens is 240 g/mol. The topological polar surface area (TPSA) is 41.6 Å². The molecule has 1 aromatic carbocycles. The first-order chi connectivity index (χ1) is 9.17. The Morgan fingerprint density at radius 2 is 2.26 bits per heavy atom. The van der Waals surface area contributed by atoms with Crippen LogP contribution in [-0.4, -0.2) is 38.1 Å². The van der Waals surface area contributed by atoms with Crippen LogP contribution in [0.4, 0.5) is 0 Å². The SMILES string of the molecule is CCc1cc(C2NCCCN(C)C2=O)ccc1OC. The molecular formula is C15H22N2O2. The number of benzene rings is 1. The molecule has 2 rings (SSSR count). The molecule has 4 nitrogen and oxygen atoms in total. The van der Waals surface area contributed by atoms with E-state index < -0.39 is 0 Å². The fourth-order valence-corrected chi connectivity index (χ4v) is 2.50. The Kier molecular flexibility index (Phi) is 4.43. The van der Waals surface area contributed by atoms with E-state index in [1.54, 1.807) is 12.0 Å². The molecule has 1 aliphatic rings. The molecule has 4 heteroatoms. The third-order valence-electron chi connectivity index (χ3n) is 3.66. The summed E-state index contributed by atoms with van der Waals surface area (Å²) in [5.74, 6) is 1.03. The number of carbonyl (C=O) groups is 1. The Balaban J connectivity index is 2.31. The maximum atomic E-state index is 12.3. The van der Waals surface area contributed by atoms with Crippen LogP contribution in [0.2, 0.25) is 0 Å². The summed E-state index contributed by atoms with van der Waals surface area (Å²) in [7, 11) is 3.55. The van der Waals surface area contributed by atoms with Gasteiger partial charge in [0.1, 0.15) is 11.8 Å². The standard InChI is InChI=1S/C15H22N2O2/c1-4-11-10-12(6-7-13(11)19-3)14-15(18)17(2)9-5-8-16-14/h6-7,10,14,16H,4-5,8-9H2,1-3H3. The largest absolute Gasteiger partial charge is 0.496 e. The lowest BCUT2D eigenvalue weighted by atomic mass is 10.0. The number of amides is 1. The highest BCUT2D eigenvalue weighted by Gasteiger charge is 2.26. The number of methoxy groups -OCH3 is 1. The third kappa shape index (κ3) is 2.89. The number of rotatable bonds is 3. The zero-order chi connectivity index (χ0) is 13.8. The zero-order valence-corrected chi connectivity index (χ0v) is 11.9. The quantitative estimate of drug-likeness (QED) is 0.902. The van der Waals surface area contributed by atoms with Gasteiger partial charge in [-0.3, -0.25) is 4.79 Å². The Morgan fingerprint density at radius 3 is 2.95 bits per heavy atom. The fourth-order valence-electron chi connectivity index (χ4n) is 2.50. The average Bonchev–Trinajstić information content (AvgIpc) is 2.61. The van der Waals surface area contributed by atoms with E-state index >= 15 is 0 Å². The molecule has 1 aromatic rings. The smallest absolute Gasteiger partial charge is 0.244 e. The van der Waals surface area contributed by atoms with Crippen molar-refractivity contribution in [3.05, 3.63) is 29.3 Å². The van der Waals surface area contributed by atoms with Crippen LogP contribution in [0.5, 0.6) is 5.75 Å². The van der Waals surface area contributed by atoms with Gasteiger partial charge in [0, 0.05) is 13.6 Å². The van der Waals surface area contributed by atoms with Crippen LogP contribution in [0, 0.1) is 0 Å². The van der Waals surface area contributed by atoms with Crippen LogP contribution in [0.1, 0.15) is 30.5 Å². The molecule has 1 fully saturated rings. The summed E-state index contributed by atoms with van der Waals surface area (Å²) < 4.78 is 5.34. The molecule has 1 saturated heterocycles. The van der Waals surface area contributed by atoms with Crippen molar-refractivity contribution < 1.29 is 9.53 Å². The van der Waals surface area contributed by atoms with Crippen LogP contribution in [0.15, 0.2) is 18.2 Å². The number of aryl methyl sites for hydroxylation is 1. The van der Waals surface area contributed by atoms with E-state index in [-0.39, 0.29) is 11.9 Å². The predicted molar refractivity (Wildman–Crippen MR) is 75.4 cm³/mol. The zero-order valence-electron chi connectivity index (χ0n) is 11.9. The van der Waals surface area contributed by atoms with Gasteiger partial charge in [-0.1, -0.05) is 19.1 Å². The predicted octanol–water partition coefficient (Wildman–Crippen LogP) is 1.75. The van der Waals surface area contributed by atoms with Crippen molar-refractivity contribution >= 4 is 5.91 Å². The Bertz CT molecular complexity index is 459. The number of carbonyl (C=O) groups excluding carboxylic acids is 1. The first-order valence-corrected chi connectivity index (χ1v) is 6.82. The molecule has 0 aromatic heterocycles. The van der Waals surface area contributed by atoms with E-state index in [4.69, 9.17) is 4.74 Å². The minimum Gasteiger partial charge on any atom is -0.496 e. The van der Waals surface area contributed by atoms with Crippen molar-refractivity contribution in [2.45, 2.75) is 25.8 Å². The van der Waals surface area contributed by atoms with Crippen LogP contribution >= 0.6 is 0 Å². The third-order valence-corrected chi connectivity index (χ3v) is 3.66. The van der Waals surface area contributed by atoms with Crippen LogP contribution in [0.3, 0.4) is 0 Å². The summed E-state index contributed by atoms with van der Waals surface area (Å²) in [6.45, 7) is 3.78. The van der Waals surface area contributed by atoms with Gasteiger partial charge >= 0.3 is 0 Å². The van der Waals surface area contributed by atoms with E-state index in [2.05, 4.69) is 18.3 Å². The van der Waals surface area contributed by atoms with E-state index in [9.17, 15) is 4.79 Å². The van der Waals surface area contributed by atoms with Gasteiger partial charge in [0.15, 0.2) is 0 Å². The summed E-state index contributed by atoms with van der Waals surface area (Å²) in [5.41, 5.74) is 2.16. The number of likely N-dealkylation sites (N-methyl/N-ethyl adjacent to an activating group) is 1. The van der Waals surface area contributed by atoms with Crippen LogP contribution in [-0.2, 0) is 11.2 Å². The number of nitrogens with one attached hydrogen (secondary N) is 1. The molecule has 0 bridgehead atoms. The summed E-state index contributed by atoms with van der Waals surface area (Å²) in [5, 5.41) is 3.33. The molecule has 1 amide bonds. The first-order valence-electron chi connectivity index (χ1n) is 6.82. The van der Waals surface area contributed by atoms with Gasteiger partial charge in [-0.2, -0.15) is 0 Å². The number of nitrogens with zero attached hydrogens (tertiary/aromatic N) is 1. The molecule has 1 N–H and O–H groups in total. The average molecular weight is 262 g/mol. The number of hydrogen-bond donors (Lipinski definition) is 1. The highest BCUT2D eigenvalue weighted by Crippen LogP contribution is 2.25. The van der Waals surface area contributed by atoms with Crippen LogP contribution in [0.25, 0.3) is 0 Å². The molecule has 1 unspecified atom stereocenters. The minimum atomic E-state index is -0.233. The molecule has 1 heterocycles. The number of ether oxygens (including phenoxy) is 1. The molecule has 104 valence electrons. The lowest BCUT2D eigenvalue weighted by molar-refractivity contribution is -0.131. The van der Waals surface area contributed by atoms with Gasteiger partial charge in [-0.15, -0.1) is 0 Å². The maximum absolute atomic E-state index is 12.3. The van der Waals surface area contributed by atoms with E-state index in [0.717, 1.165) is 42.8 Å². The van der Waals surface area contributed by atoms with E-state index in [1.165, 1.54) is 0 Å². The molecule has 0 saturated carbocycles. The minimum absolute atomic E-state index is 0.143. The fraction of sp³-hybridized carbons (Fsp3) is 0.533. The molecule has 1 aliphatic heterocycles. The normalized spacial score (nSPS) is 20.3. The second kappa shape index (κ2) is 6.06. The van der Waals surface area contributed by atoms with Crippen LogP contribution < -0.4 is 10.1 Å². The van der Waals surface area contributed by atoms with Crippen molar-refractivity contribution in [3.8, 4) is 5.75 Å². The first kappa shape index (κ1) is 13.9. The monoisotopic (exact) mass is 262 g/mol. The summed E-state index contributed by atoms with van der Waals surface area (Å²) in [6, 6.07) is 5.78. The van der Waals surface area contributed by atoms with Crippen molar-refractivity contribution in [2.24, 2.45) is 0 Å². The van der Waals surface area contributed by atoms with Crippen molar-refractivity contribution in [1.82, 2.24) is 10.2 Å². The van der Waals surface area contributed by atoms with Crippen molar-refractivity contribution in [2.75, 3.05) is 27.2 Å². The van der Waals surface area contributed by atoms with Gasteiger partial charge < -0.3 is 15.0 Å². The van der Waals surface area contributed by atoms with Gasteiger partial charge in [-0.25, -0.2) is 0 Å². The van der Waals surface area contributed by atoms with Crippen molar-refractivity contribution in [3.63, 3.8) is 0 Å². The second-order valence-corrected chi connectivity index (χ2v) is 4.93. The molecule has 0 spiro atoms. The highest BCUT2D eigenvalue weighted by molar-refractivity contribution is 5.83. The lowest BCUT2D eigenvalue weighted by Crippen LogP contribution is -2.35. The van der Waals surface area contributed by atoms with Gasteiger partial charge in [0.2, 0.25) is 5.91 Å². The highest BCUT2D eigenvalue weighted by atomic mass is 16.5. The Hall–Kier alpha value is -1.55. The number of hydrogen-bond acceptors (Lipinski definition) is 3. The van der Waals surface area contributed by atoms with Gasteiger partial charge in [0.05, 0.1) is 7.11 Å². The summed E-state index contributed by atoms with van der Waals surface area (Å²) in [4.78, 5) is 14.1. The van der Waals surface area contributed by atoms with E-state index in [0.29, 0.717) is 0 Å². The molecule has 19 heavy (non-hydrogen) atoms. The second-order valence-electron chi connectivity index (χ2n) is 4.93. The maximum Gasteiger partial charge on any atom is 0.244 e. The Labute approximate surface area is 114 Å². The molecule has 0 radical (unpaired) electrons. The van der Waals surface area contributed by atoms with E-state index in [1.807, 2.05) is 19.2 Å².